The van der Waals surface area contributed by atoms with Gasteiger partial charge in [0.1, 0.15) is 17.5 Å². The molecule has 1 aromatic carbocycles. The molecule has 0 saturated heterocycles. The molecule has 2 heterocycles. The smallest absolute Gasteiger partial charge is 0.357 e. The molecular formula is C22H26N4O7S2. The Hall–Kier alpha value is -3.32. The molecule has 3 rings (SSSR count). The van der Waals surface area contributed by atoms with Crippen molar-refractivity contribution < 1.29 is 33.4 Å². The Morgan fingerprint density at radius 2 is 2.03 bits per heavy atom. The first-order chi connectivity index (χ1) is 16.8. The predicted octanol–water partition coefficient (Wildman–Crippen LogP) is 3.91. The highest BCUT2D eigenvalue weighted by Gasteiger charge is 2.25. The monoisotopic (exact) mass is 522 g/mol. The van der Waals surface area contributed by atoms with Crippen molar-refractivity contribution in [3.63, 3.8) is 0 Å². The number of carbonyl (C=O) groups is 2. The van der Waals surface area contributed by atoms with Crippen LogP contribution in [0.5, 0.6) is 11.5 Å². The number of phenolic OH excluding ortho intramolecular Hbond substituents is 1. The predicted molar refractivity (Wildman–Crippen MR) is 130 cm³/mol. The second-order valence-electron chi connectivity index (χ2n) is 7.22. The number of carbonyl (C=O) groups excluding carboxylic acids is 2. The van der Waals surface area contributed by atoms with Crippen LogP contribution >= 0.6 is 23.1 Å². The molecule has 0 saturated carbocycles. The maximum Gasteiger partial charge on any atom is 0.357 e. The lowest BCUT2D eigenvalue weighted by Gasteiger charge is -2.17. The summed E-state index contributed by atoms with van der Waals surface area (Å²) in [4.78, 5) is 33.0. The number of methoxy groups -OCH3 is 2. The highest BCUT2D eigenvalue weighted by atomic mass is 32.2. The molecule has 0 aliphatic carbocycles. The van der Waals surface area contributed by atoms with Crippen molar-refractivity contribution in [3.8, 4) is 11.5 Å². The van der Waals surface area contributed by atoms with Crippen LogP contribution in [0.15, 0.2) is 16.0 Å². The molecule has 0 aliphatic heterocycles. The summed E-state index contributed by atoms with van der Waals surface area (Å²) in [7, 11) is 2.75. The Balaban J connectivity index is 1.80. The Morgan fingerprint density at radius 3 is 2.66 bits per heavy atom. The highest BCUT2D eigenvalue weighted by molar-refractivity contribution is 7.98. The number of anilines is 1. The molecule has 0 fully saturated rings. The third-order valence-electron chi connectivity index (χ3n) is 4.89. The van der Waals surface area contributed by atoms with Gasteiger partial charge in [0.2, 0.25) is 5.89 Å². The summed E-state index contributed by atoms with van der Waals surface area (Å²) < 4.78 is 20.5. The van der Waals surface area contributed by atoms with E-state index in [4.69, 9.17) is 18.7 Å². The van der Waals surface area contributed by atoms with Crippen molar-refractivity contribution in [1.29, 1.82) is 0 Å². The van der Waals surface area contributed by atoms with Gasteiger partial charge in [0.25, 0.3) is 0 Å². The zero-order valence-corrected chi connectivity index (χ0v) is 21.5. The van der Waals surface area contributed by atoms with E-state index in [1.807, 2.05) is 0 Å². The average Bonchev–Trinajstić information content (AvgIpc) is 3.49. The number of ether oxygens (including phenoxy) is 3. The molecule has 2 N–H and O–H groups in total. The number of hydrogen-bond acceptors (Lipinski definition) is 13. The van der Waals surface area contributed by atoms with Crippen molar-refractivity contribution >= 4 is 40.2 Å². The van der Waals surface area contributed by atoms with Crippen LogP contribution in [-0.4, -0.2) is 58.7 Å². The number of aromatic nitrogens is 3. The number of benzene rings is 1. The molecule has 0 radical (unpaired) electrons. The van der Waals surface area contributed by atoms with E-state index in [2.05, 4.69) is 20.4 Å². The SMILES string of the molecule is CCOC(=O)c1csc(NC(CSCc2c(O)cc(OC)c(C)c2C(=O)OC)c2nc(C)no2)n1. The number of phenols is 1. The van der Waals surface area contributed by atoms with Gasteiger partial charge in [0, 0.05) is 34.1 Å². The zero-order chi connectivity index (χ0) is 25.5. The fourth-order valence-electron chi connectivity index (χ4n) is 3.23. The molecule has 0 amide bonds. The maximum atomic E-state index is 12.5. The van der Waals surface area contributed by atoms with E-state index in [1.165, 1.54) is 43.4 Å². The fourth-order valence-corrected chi connectivity index (χ4v) is 5.04. The van der Waals surface area contributed by atoms with E-state index in [-0.39, 0.29) is 23.6 Å². The second kappa shape index (κ2) is 11.9. The van der Waals surface area contributed by atoms with Crippen LogP contribution < -0.4 is 10.1 Å². The van der Waals surface area contributed by atoms with Crippen LogP contribution in [0.2, 0.25) is 0 Å². The van der Waals surface area contributed by atoms with E-state index < -0.39 is 18.0 Å². The van der Waals surface area contributed by atoms with Crippen molar-refractivity contribution in [2.45, 2.75) is 32.6 Å². The number of aromatic hydroxyl groups is 1. The normalized spacial score (nSPS) is 11.7. The largest absolute Gasteiger partial charge is 0.507 e. The van der Waals surface area contributed by atoms with Crippen molar-refractivity contribution in [2.24, 2.45) is 0 Å². The number of thiazole rings is 1. The highest BCUT2D eigenvalue weighted by Crippen LogP contribution is 2.36. The van der Waals surface area contributed by atoms with Gasteiger partial charge >= 0.3 is 11.9 Å². The molecule has 13 heteroatoms. The standard InChI is InChI=1S/C22H26N4O7S2/c1-6-32-20(28)15-10-35-22(25-15)24-14(19-23-12(3)26-33-19)9-34-8-13-16(27)7-17(30-4)11(2)18(13)21(29)31-5/h7,10,14,27H,6,8-9H2,1-5H3,(H,24,25). The third kappa shape index (κ3) is 6.22. The molecule has 0 bridgehead atoms. The van der Waals surface area contributed by atoms with Crippen molar-refractivity contribution in [2.75, 3.05) is 31.9 Å². The second-order valence-corrected chi connectivity index (χ2v) is 9.11. The van der Waals surface area contributed by atoms with Crippen LogP contribution in [0.1, 0.15) is 56.7 Å². The van der Waals surface area contributed by atoms with E-state index >= 15 is 0 Å². The lowest BCUT2D eigenvalue weighted by molar-refractivity contribution is 0.0519. The molecule has 1 atom stereocenters. The van der Waals surface area contributed by atoms with Crippen LogP contribution in [0.25, 0.3) is 0 Å². The summed E-state index contributed by atoms with van der Waals surface area (Å²) in [5.74, 6) is 0.766. The number of hydrogen-bond donors (Lipinski definition) is 2. The third-order valence-corrected chi connectivity index (χ3v) is 6.73. The summed E-state index contributed by atoms with van der Waals surface area (Å²) in [6, 6.07) is 1.02. The van der Waals surface area contributed by atoms with Gasteiger partial charge in [-0.3, -0.25) is 0 Å². The summed E-state index contributed by atoms with van der Waals surface area (Å²) in [5.41, 5.74) is 1.46. The lowest BCUT2D eigenvalue weighted by atomic mass is 10.0. The Kier molecular flexibility index (Phi) is 8.93. The van der Waals surface area contributed by atoms with Crippen molar-refractivity contribution in [3.05, 3.63) is 45.5 Å². The molecule has 0 aliphatic rings. The molecule has 1 unspecified atom stereocenters. The van der Waals surface area contributed by atoms with Gasteiger partial charge < -0.3 is 29.2 Å². The van der Waals surface area contributed by atoms with E-state index in [1.54, 1.807) is 26.2 Å². The van der Waals surface area contributed by atoms with Gasteiger partial charge in [-0.1, -0.05) is 5.16 Å². The van der Waals surface area contributed by atoms with Crippen LogP contribution in [0, 0.1) is 13.8 Å². The summed E-state index contributed by atoms with van der Waals surface area (Å²) >= 11 is 2.67. The van der Waals surface area contributed by atoms with E-state index in [9.17, 15) is 14.7 Å². The van der Waals surface area contributed by atoms with Gasteiger partial charge in [-0.15, -0.1) is 11.3 Å². The first-order valence-corrected chi connectivity index (χ1v) is 12.6. The molecular weight excluding hydrogens is 496 g/mol. The average molecular weight is 523 g/mol. The van der Waals surface area contributed by atoms with Gasteiger partial charge in [0.15, 0.2) is 16.6 Å². The molecule has 0 spiro atoms. The lowest BCUT2D eigenvalue weighted by Crippen LogP contribution is -2.15. The molecule has 188 valence electrons. The van der Waals surface area contributed by atoms with E-state index in [0.717, 1.165) is 0 Å². The molecule has 2 aromatic heterocycles. The summed E-state index contributed by atoms with van der Waals surface area (Å²) in [6.07, 6.45) is 0. The summed E-state index contributed by atoms with van der Waals surface area (Å²) in [5, 5.41) is 19.7. The minimum absolute atomic E-state index is 0.0718. The quantitative estimate of drug-likeness (QED) is 0.352. The number of rotatable bonds is 11. The Bertz CT molecular complexity index is 1190. The summed E-state index contributed by atoms with van der Waals surface area (Å²) in [6.45, 7) is 5.42. The Labute approximate surface area is 210 Å². The molecule has 35 heavy (non-hydrogen) atoms. The number of esters is 2. The van der Waals surface area contributed by atoms with Crippen molar-refractivity contribution in [1.82, 2.24) is 15.1 Å². The van der Waals surface area contributed by atoms with Crippen LogP contribution in [0.4, 0.5) is 5.13 Å². The minimum Gasteiger partial charge on any atom is -0.507 e. The number of thioether (sulfide) groups is 1. The minimum atomic E-state index is -0.566. The topological polar surface area (TPSA) is 146 Å². The molecule has 3 aromatic rings. The maximum absolute atomic E-state index is 12.5. The Morgan fingerprint density at radius 1 is 1.26 bits per heavy atom. The van der Waals surface area contributed by atoms with Crippen LogP contribution in [-0.2, 0) is 15.2 Å². The number of nitrogens with zero attached hydrogens (tertiary/aromatic N) is 3. The first kappa shape index (κ1) is 26.3. The number of nitrogens with one attached hydrogen (secondary N) is 1. The zero-order valence-electron chi connectivity index (χ0n) is 19.9. The van der Waals surface area contributed by atoms with Gasteiger partial charge in [-0.25, -0.2) is 14.6 Å². The fraction of sp³-hybridized carbons (Fsp3) is 0.409. The van der Waals surface area contributed by atoms with Gasteiger partial charge in [0.05, 0.1) is 26.4 Å². The van der Waals surface area contributed by atoms with Gasteiger partial charge in [-0.05, 0) is 20.8 Å². The van der Waals surface area contributed by atoms with E-state index in [0.29, 0.717) is 45.2 Å². The number of aryl methyl sites for hydroxylation is 1. The first-order valence-electron chi connectivity index (χ1n) is 10.5. The molecule has 11 nitrogen and oxygen atoms in total. The van der Waals surface area contributed by atoms with Gasteiger partial charge in [-0.2, -0.15) is 16.7 Å². The van der Waals surface area contributed by atoms with Crippen LogP contribution in [0.3, 0.4) is 0 Å².